The van der Waals surface area contributed by atoms with Gasteiger partial charge < -0.3 is 14.7 Å². The normalized spacial score (nSPS) is 11.7. The van der Waals surface area contributed by atoms with Gasteiger partial charge in [-0.05, 0) is 18.2 Å². The van der Waals surface area contributed by atoms with Crippen molar-refractivity contribution < 1.29 is 23.8 Å². The number of carbonyl (C=O) groups is 2. The number of anilines is 1. The van der Waals surface area contributed by atoms with Crippen LogP contribution in [-0.4, -0.2) is 52.1 Å². The number of carboxylic acids is 1. The molecule has 1 unspecified atom stereocenters. The summed E-state index contributed by atoms with van der Waals surface area (Å²) >= 11 is 0.941. The fraction of sp³-hybridized carbons (Fsp3) is 0.333. The van der Waals surface area contributed by atoms with E-state index >= 15 is 0 Å². The van der Waals surface area contributed by atoms with Gasteiger partial charge in [0.2, 0.25) is 5.13 Å². The smallest absolute Gasteiger partial charge is 0.323 e. The van der Waals surface area contributed by atoms with Crippen LogP contribution in [0.5, 0.6) is 5.75 Å². The molecule has 0 saturated heterocycles. The van der Waals surface area contributed by atoms with E-state index in [0.717, 1.165) is 11.5 Å². The Morgan fingerprint density at radius 1 is 1.48 bits per heavy atom. The quantitative estimate of drug-likeness (QED) is 0.812. The third kappa shape index (κ3) is 4.63. The summed E-state index contributed by atoms with van der Waals surface area (Å²) in [4.78, 5) is 28.3. The van der Waals surface area contributed by atoms with Crippen molar-refractivity contribution in [3.63, 3.8) is 0 Å². The van der Waals surface area contributed by atoms with Gasteiger partial charge in [0.05, 0.1) is 13.0 Å². The van der Waals surface area contributed by atoms with Crippen molar-refractivity contribution in [1.82, 2.24) is 14.3 Å². The van der Waals surface area contributed by atoms with E-state index in [2.05, 4.69) is 14.7 Å². The van der Waals surface area contributed by atoms with Crippen LogP contribution in [0.4, 0.5) is 14.3 Å². The first-order valence-corrected chi connectivity index (χ1v) is 8.01. The van der Waals surface area contributed by atoms with Crippen LogP contribution in [0.15, 0.2) is 18.2 Å². The Balaban J connectivity index is 2.05. The number of carbonyl (C=O) groups excluding carboxylic acids is 1. The highest BCUT2D eigenvalue weighted by Gasteiger charge is 2.19. The van der Waals surface area contributed by atoms with Gasteiger partial charge in [0, 0.05) is 30.7 Å². The predicted molar refractivity (Wildman–Crippen MR) is 90.3 cm³/mol. The molecule has 134 valence electrons. The van der Waals surface area contributed by atoms with Gasteiger partial charge in [-0.15, -0.1) is 0 Å². The number of halogens is 1. The summed E-state index contributed by atoms with van der Waals surface area (Å²) in [6.07, 6.45) is 0. The summed E-state index contributed by atoms with van der Waals surface area (Å²) in [5.74, 6) is -1.84. The molecular weight excluding hydrogens is 351 g/mol. The van der Waals surface area contributed by atoms with Crippen molar-refractivity contribution in [1.29, 1.82) is 0 Å². The maximum Gasteiger partial charge on any atom is 0.323 e. The topological polar surface area (TPSA) is 105 Å². The molecule has 1 atom stereocenters. The first kappa shape index (κ1) is 18.6. The Bertz CT molecular complexity index is 783. The van der Waals surface area contributed by atoms with Gasteiger partial charge in [0.15, 0.2) is 17.4 Å². The Morgan fingerprint density at radius 2 is 2.20 bits per heavy atom. The predicted octanol–water partition coefficient (Wildman–Crippen LogP) is 2.54. The van der Waals surface area contributed by atoms with E-state index in [1.54, 1.807) is 6.07 Å². The number of aromatic nitrogens is 2. The minimum absolute atomic E-state index is 0.0521. The van der Waals surface area contributed by atoms with Crippen molar-refractivity contribution in [3.05, 3.63) is 24.0 Å². The number of carboxylic acid groups (broad SMARTS) is 1. The van der Waals surface area contributed by atoms with E-state index in [0.29, 0.717) is 5.56 Å². The van der Waals surface area contributed by atoms with Crippen LogP contribution in [0.25, 0.3) is 11.4 Å². The largest absolute Gasteiger partial charge is 0.494 e. The molecule has 0 bridgehead atoms. The van der Waals surface area contributed by atoms with E-state index in [1.807, 2.05) is 0 Å². The molecule has 2 aromatic rings. The lowest BCUT2D eigenvalue weighted by molar-refractivity contribution is -0.141. The molecule has 8 nitrogen and oxygen atoms in total. The van der Waals surface area contributed by atoms with Crippen LogP contribution >= 0.6 is 11.5 Å². The zero-order chi connectivity index (χ0) is 18.6. The van der Waals surface area contributed by atoms with Crippen LogP contribution in [0.2, 0.25) is 0 Å². The van der Waals surface area contributed by atoms with E-state index in [1.165, 1.54) is 38.1 Å². The van der Waals surface area contributed by atoms with Gasteiger partial charge in [-0.25, -0.2) is 9.18 Å². The minimum atomic E-state index is -0.987. The number of rotatable bonds is 6. The third-order valence-corrected chi connectivity index (χ3v) is 4.00. The second-order valence-electron chi connectivity index (χ2n) is 5.32. The van der Waals surface area contributed by atoms with Crippen molar-refractivity contribution in [2.45, 2.75) is 6.92 Å². The van der Waals surface area contributed by atoms with Crippen molar-refractivity contribution >= 4 is 28.7 Å². The zero-order valence-electron chi connectivity index (χ0n) is 13.8. The Hall–Kier alpha value is -2.75. The number of hydrogen-bond acceptors (Lipinski definition) is 6. The number of amides is 2. The zero-order valence-corrected chi connectivity index (χ0v) is 14.6. The Kier molecular flexibility index (Phi) is 5.86. The third-order valence-electron chi connectivity index (χ3n) is 3.37. The van der Waals surface area contributed by atoms with Crippen LogP contribution in [-0.2, 0) is 4.79 Å². The van der Waals surface area contributed by atoms with Crippen molar-refractivity contribution in [2.24, 2.45) is 5.92 Å². The van der Waals surface area contributed by atoms with Gasteiger partial charge in [-0.1, -0.05) is 6.92 Å². The molecule has 0 spiro atoms. The second kappa shape index (κ2) is 7.88. The molecule has 2 amide bonds. The average Bonchev–Trinajstić information content (AvgIpc) is 3.02. The lowest BCUT2D eigenvalue weighted by Gasteiger charge is -2.18. The van der Waals surface area contributed by atoms with E-state index < -0.39 is 23.7 Å². The summed E-state index contributed by atoms with van der Waals surface area (Å²) in [5.41, 5.74) is 0.447. The monoisotopic (exact) mass is 368 g/mol. The number of benzene rings is 1. The van der Waals surface area contributed by atoms with Gasteiger partial charge in [0.1, 0.15) is 0 Å². The molecule has 0 saturated carbocycles. The van der Waals surface area contributed by atoms with E-state index in [9.17, 15) is 14.0 Å². The van der Waals surface area contributed by atoms with Crippen molar-refractivity contribution in [2.75, 3.05) is 26.0 Å². The summed E-state index contributed by atoms with van der Waals surface area (Å²) in [5, 5.41) is 11.6. The number of methoxy groups -OCH3 is 1. The summed E-state index contributed by atoms with van der Waals surface area (Å²) in [7, 11) is 2.85. The maximum absolute atomic E-state index is 13.7. The molecule has 0 radical (unpaired) electrons. The van der Waals surface area contributed by atoms with E-state index in [-0.39, 0.29) is 23.3 Å². The number of urea groups is 1. The molecule has 25 heavy (non-hydrogen) atoms. The fourth-order valence-corrected chi connectivity index (χ4v) is 2.54. The number of hydrogen-bond donors (Lipinski definition) is 2. The second-order valence-corrected chi connectivity index (χ2v) is 6.07. The fourth-order valence-electron chi connectivity index (χ4n) is 1.96. The van der Waals surface area contributed by atoms with Crippen LogP contribution in [0, 0.1) is 11.7 Å². The van der Waals surface area contributed by atoms with E-state index in [4.69, 9.17) is 9.84 Å². The van der Waals surface area contributed by atoms with Crippen LogP contribution in [0.3, 0.4) is 0 Å². The molecule has 0 aliphatic heterocycles. The molecule has 0 aliphatic carbocycles. The van der Waals surface area contributed by atoms with Gasteiger partial charge in [-0.3, -0.25) is 10.1 Å². The number of ether oxygens (including phenoxy) is 1. The van der Waals surface area contributed by atoms with Gasteiger partial charge >= 0.3 is 12.0 Å². The Morgan fingerprint density at radius 3 is 2.80 bits per heavy atom. The number of aliphatic carboxylic acids is 1. The number of nitrogens with zero attached hydrogens (tertiary/aromatic N) is 3. The molecule has 1 heterocycles. The highest BCUT2D eigenvalue weighted by Crippen LogP contribution is 2.26. The maximum atomic E-state index is 13.7. The molecule has 1 aromatic heterocycles. The number of nitrogens with one attached hydrogen (secondary N) is 1. The molecule has 1 aromatic carbocycles. The SMILES string of the molecule is COc1ccc(-c2nsc(NC(=O)N(C)CC(C)C(=O)O)n2)cc1F. The molecule has 0 aliphatic rings. The first-order chi connectivity index (χ1) is 11.8. The summed E-state index contributed by atoms with van der Waals surface area (Å²) in [6.45, 7) is 1.56. The van der Waals surface area contributed by atoms with Crippen LogP contribution < -0.4 is 10.1 Å². The minimum Gasteiger partial charge on any atom is -0.494 e. The first-order valence-electron chi connectivity index (χ1n) is 7.24. The standard InChI is InChI=1S/C15H17FN4O4S/c1-8(13(21)22)7-20(2)15(23)18-14-17-12(19-25-14)9-4-5-11(24-3)10(16)6-9/h4-6,8H,7H2,1-3H3,(H,21,22)(H,17,18,19,23). The Labute approximate surface area is 147 Å². The average molecular weight is 368 g/mol. The molecule has 2 rings (SSSR count). The lowest BCUT2D eigenvalue weighted by atomic mass is 10.2. The molecular formula is C15H17FN4O4S. The molecule has 2 N–H and O–H groups in total. The lowest BCUT2D eigenvalue weighted by Crippen LogP contribution is -2.36. The van der Waals surface area contributed by atoms with Gasteiger partial charge in [-0.2, -0.15) is 9.36 Å². The highest BCUT2D eigenvalue weighted by atomic mass is 32.1. The molecule has 0 fully saturated rings. The van der Waals surface area contributed by atoms with Crippen LogP contribution in [0.1, 0.15) is 6.92 Å². The van der Waals surface area contributed by atoms with Gasteiger partial charge in [0.25, 0.3) is 0 Å². The van der Waals surface area contributed by atoms with Crippen molar-refractivity contribution in [3.8, 4) is 17.1 Å². The summed E-state index contributed by atoms with van der Waals surface area (Å²) in [6, 6.07) is 3.81. The summed E-state index contributed by atoms with van der Waals surface area (Å²) < 4.78 is 22.7. The molecule has 10 heteroatoms. The highest BCUT2D eigenvalue weighted by molar-refractivity contribution is 7.10.